The van der Waals surface area contributed by atoms with E-state index in [-0.39, 0.29) is 12.0 Å². The minimum absolute atomic E-state index is 0.0187. The molecule has 2 nitrogen and oxygen atoms in total. The van der Waals surface area contributed by atoms with E-state index in [0.717, 1.165) is 28.8 Å². The van der Waals surface area contributed by atoms with E-state index < -0.39 is 0 Å². The van der Waals surface area contributed by atoms with Gasteiger partial charge in [0.05, 0.1) is 0 Å². The third-order valence-corrected chi connectivity index (χ3v) is 9.70. The predicted octanol–water partition coefficient (Wildman–Crippen LogP) is 12.6. The highest BCUT2D eigenvalue weighted by Crippen LogP contribution is 2.47. The Morgan fingerprint density at radius 2 is 1.17 bits per heavy atom. The number of rotatable bonds is 5. The van der Waals surface area contributed by atoms with Gasteiger partial charge in [-0.1, -0.05) is 164 Å². The summed E-state index contributed by atoms with van der Waals surface area (Å²) in [6.07, 6.45) is 5.70. The molecule has 2 heterocycles. The van der Waals surface area contributed by atoms with Crippen LogP contribution in [0.15, 0.2) is 156 Å². The molecular formula is C44H32NO-. The van der Waals surface area contributed by atoms with Gasteiger partial charge in [-0.2, -0.15) is 0 Å². The zero-order valence-electron chi connectivity index (χ0n) is 25.7. The van der Waals surface area contributed by atoms with Crippen molar-refractivity contribution in [2.24, 2.45) is 5.92 Å². The molecule has 0 fully saturated rings. The molecule has 0 saturated heterocycles. The molecule has 0 bridgehead atoms. The van der Waals surface area contributed by atoms with Gasteiger partial charge in [-0.05, 0) is 67.4 Å². The van der Waals surface area contributed by atoms with E-state index in [1.165, 1.54) is 60.1 Å². The average Bonchev–Trinajstić information content (AvgIpc) is 3.40. The minimum Gasteiger partial charge on any atom is -0.677 e. The largest absolute Gasteiger partial charge is 0.677 e. The summed E-state index contributed by atoms with van der Waals surface area (Å²) >= 11 is 0. The summed E-state index contributed by atoms with van der Waals surface area (Å²) in [6.45, 7) is 2.28. The van der Waals surface area contributed by atoms with Crippen molar-refractivity contribution < 1.29 is 4.42 Å². The molecule has 46 heavy (non-hydrogen) atoms. The molecule has 0 saturated carbocycles. The maximum Gasteiger partial charge on any atom is 0.136 e. The molecule has 1 aliphatic heterocycles. The van der Waals surface area contributed by atoms with Gasteiger partial charge < -0.3 is 9.73 Å². The van der Waals surface area contributed by atoms with Gasteiger partial charge >= 0.3 is 0 Å². The summed E-state index contributed by atoms with van der Waals surface area (Å²) < 4.78 is 6.33. The average molecular weight is 591 g/mol. The molecule has 8 aromatic rings. The molecule has 0 spiro atoms. The van der Waals surface area contributed by atoms with Gasteiger partial charge in [-0.15, -0.1) is 5.70 Å². The normalized spacial score (nSPS) is 16.9. The predicted molar refractivity (Wildman–Crippen MR) is 194 cm³/mol. The van der Waals surface area contributed by atoms with Gasteiger partial charge in [0.2, 0.25) is 0 Å². The van der Waals surface area contributed by atoms with E-state index in [9.17, 15) is 0 Å². The SMILES string of the molecule is CCC1C=C(c2ccccc2)C=C(c2ccccc2)[N-]C1c1cccc(-c2cccc3c4cccc5oc6cccc(c23)c6c54)c1. The van der Waals surface area contributed by atoms with Crippen LogP contribution in [-0.4, -0.2) is 0 Å². The monoisotopic (exact) mass is 590 g/mol. The lowest BCUT2D eigenvalue weighted by molar-refractivity contribution is 0.557. The molecule has 2 unspecified atom stereocenters. The van der Waals surface area contributed by atoms with Gasteiger partial charge in [0.1, 0.15) is 11.2 Å². The lowest BCUT2D eigenvalue weighted by atomic mass is 9.86. The summed E-state index contributed by atoms with van der Waals surface area (Å²) in [7, 11) is 0. The number of allylic oxidation sites excluding steroid dienone is 2. The molecule has 1 aromatic heterocycles. The van der Waals surface area contributed by atoms with Crippen LogP contribution < -0.4 is 0 Å². The second-order valence-corrected chi connectivity index (χ2v) is 12.3. The highest BCUT2D eigenvalue weighted by atomic mass is 16.3. The van der Waals surface area contributed by atoms with Crippen molar-refractivity contribution >= 4 is 54.8 Å². The Labute approximate surface area is 268 Å². The molecule has 0 amide bonds. The van der Waals surface area contributed by atoms with E-state index in [2.05, 4.69) is 159 Å². The van der Waals surface area contributed by atoms with Crippen LogP contribution in [0.5, 0.6) is 0 Å². The van der Waals surface area contributed by atoms with Crippen LogP contribution >= 0.6 is 0 Å². The number of fused-ring (bicyclic) bond motifs is 3. The zero-order chi connectivity index (χ0) is 30.6. The molecule has 0 radical (unpaired) electrons. The third kappa shape index (κ3) is 4.25. The van der Waals surface area contributed by atoms with Crippen LogP contribution in [0, 0.1) is 5.92 Å². The molecule has 0 aliphatic carbocycles. The van der Waals surface area contributed by atoms with Crippen molar-refractivity contribution in [1.82, 2.24) is 0 Å². The minimum atomic E-state index is -0.0187. The summed E-state index contributed by atoms with van der Waals surface area (Å²) in [6, 6.07) is 50.0. The van der Waals surface area contributed by atoms with Crippen molar-refractivity contribution in [3.8, 4) is 11.1 Å². The smallest absolute Gasteiger partial charge is 0.136 e. The summed E-state index contributed by atoms with van der Waals surface area (Å²) in [5, 5.41) is 13.0. The Hall–Kier alpha value is -5.60. The van der Waals surface area contributed by atoms with Crippen LogP contribution in [0.2, 0.25) is 0 Å². The Bertz CT molecular complexity index is 2430. The van der Waals surface area contributed by atoms with Crippen molar-refractivity contribution in [2.45, 2.75) is 19.4 Å². The Morgan fingerprint density at radius 3 is 1.91 bits per heavy atom. The lowest BCUT2D eigenvalue weighted by Crippen LogP contribution is -2.09. The first-order chi connectivity index (χ1) is 22.8. The Balaban J connectivity index is 1.23. The van der Waals surface area contributed by atoms with Crippen molar-refractivity contribution in [3.05, 3.63) is 174 Å². The van der Waals surface area contributed by atoms with Crippen molar-refractivity contribution in [3.63, 3.8) is 0 Å². The van der Waals surface area contributed by atoms with Gasteiger partial charge in [-0.25, -0.2) is 0 Å². The van der Waals surface area contributed by atoms with Gasteiger partial charge in [0.25, 0.3) is 0 Å². The van der Waals surface area contributed by atoms with Crippen LogP contribution in [0.4, 0.5) is 0 Å². The second kappa shape index (κ2) is 10.8. The van der Waals surface area contributed by atoms with E-state index >= 15 is 0 Å². The van der Waals surface area contributed by atoms with Gasteiger partial charge in [0.15, 0.2) is 0 Å². The molecule has 7 aromatic carbocycles. The van der Waals surface area contributed by atoms with Gasteiger partial charge in [-0.3, -0.25) is 0 Å². The van der Waals surface area contributed by atoms with Crippen LogP contribution in [0.25, 0.3) is 71.2 Å². The standard InChI is InChI=1S/C44H32NO/c1-2-28-25-33(29-13-5-3-6-14-29)27-38(30-15-7-4-8-16-30)45-44(28)32-18-9-17-31(26-32)34-19-10-20-35-36-21-11-23-39-42(36)43-37(41(34)35)22-12-24-40(43)46-39/h3-28,44H,2H2,1H3/q-1. The van der Waals surface area contributed by atoms with Crippen molar-refractivity contribution in [1.29, 1.82) is 0 Å². The maximum atomic E-state index is 6.33. The van der Waals surface area contributed by atoms with Crippen LogP contribution in [0.3, 0.4) is 0 Å². The topological polar surface area (TPSA) is 27.2 Å². The van der Waals surface area contributed by atoms with E-state index in [4.69, 9.17) is 9.73 Å². The number of furan rings is 1. The van der Waals surface area contributed by atoms with Crippen LogP contribution in [0.1, 0.15) is 36.1 Å². The molecule has 9 rings (SSSR count). The first kappa shape index (κ1) is 26.8. The molecule has 0 N–H and O–H groups in total. The quantitative estimate of drug-likeness (QED) is 0.183. The number of hydrogen-bond donors (Lipinski definition) is 0. The maximum absolute atomic E-state index is 6.33. The first-order valence-corrected chi connectivity index (χ1v) is 16.2. The molecule has 2 heteroatoms. The third-order valence-electron chi connectivity index (χ3n) is 9.70. The summed E-state index contributed by atoms with van der Waals surface area (Å²) in [4.78, 5) is 0. The summed E-state index contributed by atoms with van der Waals surface area (Å²) in [5.41, 5.74) is 10.2. The molecule has 1 aliphatic rings. The van der Waals surface area contributed by atoms with Gasteiger partial charge in [0, 0.05) is 10.8 Å². The van der Waals surface area contributed by atoms with Crippen molar-refractivity contribution in [2.75, 3.05) is 0 Å². The Morgan fingerprint density at radius 1 is 0.565 bits per heavy atom. The molecular weight excluding hydrogens is 558 g/mol. The van der Waals surface area contributed by atoms with Crippen LogP contribution in [-0.2, 0) is 0 Å². The summed E-state index contributed by atoms with van der Waals surface area (Å²) in [5.74, 6) is 0.243. The first-order valence-electron chi connectivity index (χ1n) is 16.2. The number of nitrogens with zero attached hydrogens (tertiary/aromatic N) is 1. The Kier molecular flexibility index (Phi) is 6.28. The fraction of sp³-hybridized carbons (Fsp3) is 0.0909. The highest BCUT2D eigenvalue weighted by Gasteiger charge is 2.21. The molecule has 220 valence electrons. The van der Waals surface area contributed by atoms with E-state index in [1.807, 2.05) is 0 Å². The fourth-order valence-corrected chi connectivity index (χ4v) is 7.54. The fourth-order valence-electron chi connectivity index (χ4n) is 7.54. The van der Waals surface area contributed by atoms with E-state index in [0.29, 0.717) is 0 Å². The zero-order valence-corrected chi connectivity index (χ0v) is 25.7. The second-order valence-electron chi connectivity index (χ2n) is 12.3. The van der Waals surface area contributed by atoms with E-state index in [1.54, 1.807) is 0 Å². The molecule has 2 atom stereocenters. The number of benzene rings is 7. The number of hydrogen-bond acceptors (Lipinski definition) is 1. The highest BCUT2D eigenvalue weighted by molar-refractivity contribution is 6.34. The lowest BCUT2D eigenvalue weighted by Gasteiger charge is -2.39.